The first-order chi connectivity index (χ1) is 8.20. The minimum atomic E-state index is 0.0977. The first-order valence-corrected chi connectivity index (χ1v) is 9.42. The standard InChI is InChI=1S/C13H17Br2ClS/c1-2-17-8-7-13(9-14,10-15)11-5-3-4-6-12(11)16/h3-6H,2,7-10H2,1H3. The average Bonchev–Trinajstić information content (AvgIpc) is 2.36. The molecule has 0 radical (unpaired) electrons. The quantitative estimate of drug-likeness (QED) is 0.429. The van der Waals surface area contributed by atoms with Crippen molar-refractivity contribution >= 4 is 55.2 Å². The summed E-state index contributed by atoms with van der Waals surface area (Å²) in [7, 11) is 0. The number of halogens is 3. The highest BCUT2D eigenvalue weighted by Crippen LogP contribution is 2.37. The smallest absolute Gasteiger partial charge is 0.0444 e. The van der Waals surface area contributed by atoms with Gasteiger partial charge in [0, 0.05) is 21.1 Å². The van der Waals surface area contributed by atoms with Gasteiger partial charge in [0.05, 0.1) is 0 Å². The Balaban J connectivity index is 2.94. The van der Waals surface area contributed by atoms with Gasteiger partial charge < -0.3 is 0 Å². The van der Waals surface area contributed by atoms with Gasteiger partial charge in [-0.05, 0) is 29.6 Å². The average molecular weight is 401 g/mol. The van der Waals surface area contributed by atoms with Crippen LogP contribution < -0.4 is 0 Å². The monoisotopic (exact) mass is 398 g/mol. The van der Waals surface area contributed by atoms with Gasteiger partial charge in [-0.25, -0.2) is 0 Å². The van der Waals surface area contributed by atoms with E-state index in [1.54, 1.807) is 0 Å². The number of benzene rings is 1. The van der Waals surface area contributed by atoms with Gasteiger partial charge in [0.1, 0.15) is 0 Å². The van der Waals surface area contributed by atoms with Crippen LogP contribution in [0.3, 0.4) is 0 Å². The fourth-order valence-electron chi connectivity index (χ4n) is 1.75. The third-order valence-electron chi connectivity index (χ3n) is 2.89. The van der Waals surface area contributed by atoms with Gasteiger partial charge in [0.15, 0.2) is 0 Å². The first-order valence-electron chi connectivity index (χ1n) is 5.65. The molecule has 0 aromatic heterocycles. The summed E-state index contributed by atoms with van der Waals surface area (Å²) in [4.78, 5) is 0. The third-order valence-corrected chi connectivity index (χ3v) is 6.26. The van der Waals surface area contributed by atoms with E-state index in [1.165, 1.54) is 17.1 Å². The molecule has 0 saturated heterocycles. The highest BCUT2D eigenvalue weighted by atomic mass is 79.9. The second kappa shape index (κ2) is 8.08. The van der Waals surface area contributed by atoms with Crippen LogP contribution in [0.1, 0.15) is 18.9 Å². The van der Waals surface area contributed by atoms with Gasteiger partial charge in [0.25, 0.3) is 0 Å². The molecule has 0 bridgehead atoms. The van der Waals surface area contributed by atoms with E-state index in [-0.39, 0.29) is 5.41 Å². The van der Waals surface area contributed by atoms with Crippen LogP contribution in [-0.4, -0.2) is 22.2 Å². The van der Waals surface area contributed by atoms with Crippen molar-refractivity contribution in [3.8, 4) is 0 Å². The van der Waals surface area contributed by atoms with E-state index in [9.17, 15) is 0 Å². The van der Waals surface area contributed by atoms with Crippen LogP contribution in [0.4, 0.5) is 0 Å². The summed E-state index contributed by atoms with van der Waals surface area (Å²) in [6, 6.07) is 8.17. The van der Waals surface area contributed by atoms with Gasteiger partial charge in [0.2, 0.25) is 0 Å². The summed E-state index contributed by atoms with van der Waals surface area (Å²) >= 11 is 15.6. The van der Waals surface area contributed by atoms with Crippen molar-refractivity contribution in [1.82, 2.24) is 0 Å². The number of hydrogen-bond acceptors (Lipinski definition) is 1. The van der Waals surface area contributed by atoms with Crippen molar-refractivity contribution in [2.75, 3.05) is 22.2 Å². The number of rotatable bonds is 7. The SMILES string of the molecule is CCSCCC(CBr)(CBr)c1ccccc1Cl. The maximum absolute atomic E-state index is 6.33. The van der Waals surface area contributed by atoms with Gasteiger partial charge in [-0.1, -0.05) is 68.6 Å². The lowest BCUT2D eigenvalue weighted by Crippen LogP contribution is -2.31. The Morgan fingerprint density at radius 2 is 1.88 bits per heavy atom. The van der Waals surface area contributed by atoms with Crippen LogP contribution in [0, 0.1) is 0 Å². The molecule has 0 aliphatic rings. The lowest BCUT2D eigenvalue weighted by Gasteiger charge is -2.31. The molecule has 4 heteroatoms. The largest absolute Gasteiger partial charge is 0.162 e. The van der Waals surface area contributed by atoms with Gasteiger partial charge >= 0.3 is 0 Å². The zero-order valence-electron chi connectivity index (χ0n) is 9.89. The number of alkyl halides is 2. The van der Waals surface area contributed by atoms with E-state index in [2.05, 4.69) is 50.9 Å². The van der Waals surface area contributed by atoms with Crippen LogP contribution in [0.15, 0.2) is 24.3 Å². The summed E-state index contributed by atoms with van der Waals surface area (Å²) in [5, 5.41) is 2.73. The Morgan fingerprint density at radius 1 is 1.24 bits per heavy atom. The van der Waals surface area contributed by atoms with Crippen LogP contribution in [0.25, 0.3) is 0 Å². The third kappa shape index (κ3) is 4.15. The van der Waals surface area contributed by atoms with Crippen molar-refractivity contribution in [2.24, 2.45) is 0 Å². The van der Waals surface area contributed by atoms with E-state index in [0.29, 0.717) is 0 Å². The molecule has 0 heterocycles. The van der Waals surface area contributed by atoms with E-state index in [4.69, 9.17) is 11.6 Å². The minimum Gasteiger partial charge on any atom is -0.162 e. The number of hydrogen-bond donors (Lipinski definition) is 0. The minimum absolute atomic E-state index is 0.0977. The van der Waals surface area contributed by atoms with Crippen molar-refractivity contribution < 1.29 is 0 Å². The highest BCUT2D eigenvalue weighted by Gasteiger charge is 2.31. The summed E-state index contributed by atoms with van der Waals surface area (Å²) < 4.78 is 0. The molecule has 0 aliphatic heterocycles. The Morgan fingerprint density at radius 3 is 2.41 bits per heavy atom. The molecule has 0 spiro atoms. The molecule has 0 aliphatic carbocycles. The molecule has 96 valence electrons. The molecule has 1 rings (SSSR count). The summed E-state index contributed by atoms with van der Waals surface area (Å²) in [6.07, 6.45) is 1.13. The molecule has 0 amide bonds. The molecule has 17 heavy (non-hydrogen) atoms. The molecule has 0 fully saturated rings. The molecule has 0 saturated carbocycles. The maximum atomic E-state index is 6.33. The van der Waals surface area contributed by atoms with E-state index < -0.39 is 0 Å². The zero-order valence-corrected chi connectivity index (χ0v) is 14.6. The molecule has 0 unspecified atom stereocenters. The summed E-state index contributed by atoms with van der Waals surface area (Å²) in [6.45, 7) is 2.20. The fraction of sp³-hybridized carbons (Fsp3) is 0.538. The Labute approximate surface area is 130 Å². The topological polar surface area (TPSA) is 0 Å². The van der Waals surface area contributed by atoms with Crippen molar-refractivity contribution in [2.45, 2.75) is 18.8 Å². The predicted molar refractivity (Wildman–Crippen MR) is 88.3 cm³/mol. The number of thioether (sulfide) groups is 1. The van der Waals surface area contributed by atoms with Crippen LogP contribution in [-0.2, 0) is 5.41 Å². The molecule has 0 N–H and O–H groups in total. The normalized spacial score (nSPS) is 11.8. The van der Waals surface area contributed by atoms with Crippen LogP contribution in [0.5, 0.6) is 0 Å². The second-order valence-electron chi connectivity index (χ2n) is 3.97. The highest BCUT2D eigenvalue weighted by molar-refractivity contribution is 9.09. The van der Waals surface area contributed by atoms with Gasteiger partial charge in [-0.15, -0.1) is 0 Å². The maximum Gasteiger partial charge on any atom is 0.0444 e. The molecule has 1 aromatic rings. The molecular formula is C13H17Br2ClS. The predicted octanol–water partition coefficient (Wildman–Crippen LogP) is 5.51. The second-order valence-corrected chi connectivity index (χ2v) is 6.90. The van der Waals surface area contributed by atoms with Crippen molar-refractivity contribution in [3.63, 3.8) is 0 Å². The van der Waals surface area contributed by atoms with Gasteiger partial charge in [-0.2, -0.15) is 11.8 Å². The fourth-order valence-corrected chi connectivity index (χ4v) is 5.00. The van der Waals surface area contributed by atoms with Crippen LogP contribution >= 0.6 is 55.2 Å². The molecule has 1 aromatic carbocycles. The zero-order chi connectivity index (χ0) is 12.7. The molecule has 0 nitrogen and oxygen atoms in total. The van der Waals surface area contributed by atoms with Gasteiger partial charge in [-0.3, -0.25) is 0 Å². The molecule has 0 atom stereocenters. The Kier molecular flexibility index (Phi) is 7.55. The Hall–Kier alpha value is 0.820. The molecular weight excluding hydrogens is 383 g/mol. The van der Waals surface area contributed by atoms with Crippen molar-refractivity contribution in [3.05, 3.63) is 34.9 Å². The van der Waals surface area contributed by atoms with Crippen LogP contribution in [0.2, 0.25) is 5.02 Å². The Bertz CT molecular complexity index is 340. The van der Waals surface area contributed by atoms with E-state index >= 15 is 0 Å². The van der Waals surface area contributed by atoms with E-state index in [1.807, 2.05) is 23.9 Å². The first kappa shape index (κ1) is 15.9. The lowest BCUT2D eigenvalue weighted by atomic mass is 9.82. The lowest BCUT2D eigenvalue weighted by molar-refractivity contribution is 0.539. The summed E-state index contributed by atoms with van der Waals surface area (Å²) in [5.41, 5.74) is 1.34. The summed E-state index contributed by atoms with van der Waals surface area (Å²) in [5.74, 6) is 2.34. The van der Waals surface area contributed by atoms with E-state index in [0.717, 1.165) is 22.1 Å². The van der Waals surface area contributed by atoms with Crippen molar-refractivity contribution in [1.29, 1.82) is 0 Å².